The number of carbonyl (C=O) groups excluding carboxylic acids is 1. The highest BCUT2D eigenvalue weighted by molar-refractivity contribution is 9.10. The molecule has 2 aromatic carbocycles. The molecule has 3 N–H and O–H groups in total. The van der Waals surface area contributed by atoms with Gasteiger partial charge in [0.05, 0.1) is 12.1 Å². The molecule has 0 aliphatic rings. The number of benzene rings is 2. The fourth-order valence-electron chi connectivity index (χ4n) is 1.89. The number of nitrogens with one attached hydrogen (secondary N) is 1. The van der Waals surface area contributed by atoms with Gasteiger partial charge in [0.2, 0.25) is 5.91 Å². The first-order valence-corrected chi connectivity index (χ1v) is 7.33. The van der Waals surface area contributed by atoms with Crippen molar-refractivity contribution in [1.82, 2.24) is 0 Å². The van der Waals surface area contributed by atoms with Crippen molar-refractivity contribution in [2.45, 2.75) is 6.04 Å². The fourth-order valence-corrected chi connectivity index (χ4v) is 2.39. The summed E-state index contributed by atoms with van der Waals surface area (Å²) in [5.41, 5.74) is 6.96. The molecule has 0 spiro atoms. The molecule has 2 rings (SSSR count). The SMILES string of the molecule is COc1cccc(C(Nc2ccc(Cl)c(Br)c2)C(N)=O)c1. The van der Waals surface area contributed by atoms with E-state index in [0.29, 0.717) is 10.8 Å². The lowest BCUT2D eigenvalue weighted by Crippen LogP contribution is -2.27. The van der Waals surface area contributed by atoms with E-state index < -0.39 is 11.9 Å². The molecular weight excluding hydrogens is 356 g/mol. The predicted molar refractivity (Wildman–Crippen MR) is 87.7 cm³/mol. The van der Waals surface area contributed by atoms with Gasteiger partial charge in [0.15, 0.2) is 0 Å². The van der Waals surface area contributed by atoms with Crippen LogP contribution in [0.3, 0.4) is 0 Å². The number of amides is 1. The second kappa shape index (κ2) is 6.83. The van der Waals surface area contributed by atoms with E-state index >= 15 is 0 Å². The predicted octanol–water partition coefficient (Wildman–Crippen LogP) is 3.75. The minimum absolute atomic E-state index is 0.477. The highest BCUT2D eigenvalue weighted by Gasteiger charge is 2.18. The smallest absolute Gasteiger partial charge is 0.244 e. The highest BCUT2D eigenvalue weighted by atomic mass is 79.9. The third-order valence-electron chi connectivity index (χ3n) is 2.94. The van der Waals surface area contributed by atoms with Crippen molar-refractivity contribution in [2.75, 3.05) is 12.4 Å². The average molecular weight is 370 g/mol. The summed E-state index contributed by atoms with van der Waals surface area (Å²) in [7, 11) is 1.57. The molecule has 0 radical (unpaired) electrons. The Balaban J connectivity index is 2.30. The van der Waals surface area contributed by atoms with Crippen LogP contribution in [0, 0.1) is 0 Å². The Hall–Kier alpha value is -1.72. The Morgan fingerprint density at radius 3 is 2.71 bits per heavy atom. The lowest BCUT2D eigenvalue weighted by Gasteiger charge is -2.18. The number of hydrogen-bond acceptors (Lipinski definition) is 3. The molecule has 1 unspecified atom stereocenters. The third-order valence-corrected chi connectivity index (χ3v) is 4.16. The summed E-state index contributed by atoms with van der Waals surface area (Å²) in [5, 5.41) is 3.69. The molecule has 0 heterocycles. The Morgan fingerprint density at radius 2 is 2.10 bits per heavy atom. The Labute approximate surface area is 136 Å². The molecule has 0 aromatic heterocycles. The quantitative estimate of drug-likeness (QED) is 0.843. The zero-order valence-corrected chi connectivity index (χ0v) is 13.6. The molecule has 0 fully saturated rings. The van der Waals surface area contributed by atoms with E-state index in [1.54, 1.807) is 37.4 Å². The summed E-state index contributed by atoms with van der Waals surface area (Å²) in [4.78, 5) is 11.7. The maximum atomic E-state index is 11.7. The molecule has 0 aliphatic carbocycles. The molecule has 2 aromatic rings. The minimum Gasteiger partial charge on any atom is -0.497 e. The first-order valence-electron chi connectivity index (χ1n) is 6.16. The summed E-state index contributed by atoms with van der Waals surface area (Å²) in [6, 6.07) is 11.8. The number of halogens is 2. The monoisotopic (exact) mass is 368 g/mol. The Kier molecular flexibility index (Phi) is 5.09. The number of methoxy groups -OCH3 is 1. The van der Waals surface area contributed by atoms with Crippen molar-refractivity contribution in [3.8, 4) is 5.75 Å². The van der Waals surface area contributed by atoms with Crippen LogP contribution in [-0.2, 0) is 4.79 Å². The molecule has 0 aliphatic heterocycles. The first-order chi connectivity index (χ1) is 10.0. The number of nitrogens with two attached hydrogens (primary N) is 1. The van der Waals surface area contributed by atoms with Crippen LogP contribution in [0.15, 0.2) is 46.9 Å². The van der Waals surface area contributed by atoms with E-state index in [2.05, 4.69) is 21.2 Å². The van der Waals surface area contributed by atoms with Crippen LogP contribution >= 0.6 is 27.5 Å². The van der Waals surface area contributed by atoms with Gasteiger partial charge >= 0.3 is 0 Å². The van der Waals surface area contributed by atoms with Crippen LogP contribution in [0.25, 0.3) is 0 Å². The van der Waals surface area contributed by atoms with Gasteiger partial charge in [-0.1, -0.05) is 23.7 Å². The normalized spacial score (nSPS) is 11.8. The van der Waals surface area contributed by atoms with Crippen molar-refractivity contribution >= 4 is 39.1 Å². The highest BCUT2D eigenvalue weighted by Crippen LogP contribution is 2.28. The first kappa shape index (κ1) is 15.7. The van der Waals surface area contributed by atoms with Gasteiger partial charge in [0.25, 0.3) is 0 Å². The topological polar surface area (TPSA) is 64.3 Å². The second-order valence-corrected chi connectivity index (χ2v) is 5.65. The van der Waals surface area contributed by atoms with Crippen LogP contribution < -0.4 is 15.8 Å². The van der Waals surface area contributed by atoms with E-state index in [1.165, 1.54) is 0 Å². The largest absolute Gasteiger partial charge is 0.497 e. The van der Waals surface area contributed by atoms with Gasteiger partial charge < -0.3 is 15.8 Å². The van der Waals surface area contributed by atoms with Crippen molar-refractivity contribution in [1.29, 1.82) is 0 Å². The zero-order valence-electron chi connectivity index (χ0n) is 11.3. The zero-order chi connectivity index (χ0) is 15.4. The average Bonchev–Trinajstić information content (AvgIpc) is 2.48. The molecular formula is C15H14BrClN2O2. The van der Waals surface area contributed by atoms with Crippen LogP contribution in [0.5, 0.6) is 5.75 Å². The van der Waals surface area contributed by atoms with Gasteiger partial charge in [0.1, 0.15) is 11.8 Å². The third kappa shape index (κ3) is 3.89. The summed E-state index contributed by atoms with van der Waals surface area (Å²) in [5.74, 6) is 0.187. The van der Waals surface area contributed by atoms with Crippen molar-refractivity contribution < 1.29 is 9.53 Å². The van der Waals surface area contributed by atoms with Crippen LogP contribution in [-0.4, -0.2) is 13.0 Å². The van der Waals surface area contributed by atoms with E-state index in [9.17, 15) is 4.79 Å². The number of anilines is 1. The van der Waals surface area contributed by atoms with E-state index in [4.69, 9.17) is 22.1 Å². The Morgan fingerprint density at radius 1 is 1.33 bits per heavy atom. The van der Waals surface area contributed by atoms with Crippen molar-refractivity contribution in [2.24, 2.45) is 5.73 Å². The van der Waals surface area contributed by atoms with Crippen LogP contribution in [0.2, 0.25) is 5.02 Å². The molecule has 4 nitrogen and oxygen atoms in total. The summed E-state index contributed by atoms with van der Waals surface area (Å²) in [6.07, 6.45) is 0. The summed E-state index contributed by atoms with van der Waals surface area (Å²) < 4.78 is 5.90. The molecule has 0 bridgehead atoms. The second-order valence-electron chi connectivity index (χ2n) is 4.39. The lowest BCUT2D eigenvalue weighted by atomic mass is 10.1. The summed E-state index contributed by atoms with van der Waals surface area (Å²) in [6.45, 7) is 0. The van der Waals surface area contributed by atoms with Gasteiger partial charge in [-0.15, -0.1) is 0 Å². The van der Waals surface area contributed by atoms with E-state index in [1.807, 2.05) is 12.1 Å². The van der Waals surface area contributed by atoms with Crippen molar-refractivity contribution in [3.63, 3.8) is 0 Å². The number of carbonyl (C=O) groups is 1. The molecule has 0 saturated carbocycles. The number of ether oxygens (including phenoxy) is 1. The molecule has 1 amide bonds. The minimum atomic E-state index is -0.659. The number of primary amides is 1. The number of hydrogen-bond donors (Lipinski definition) is 2. The molecule has 6 heteroatoms. The van der Waals surface area contributed by atoms with Gasteiger partial charge in [-0.2, -0.15) is 0 Å². The van der Waals surface area contributed by atoms with Gasteiger partial charge in [-0.25, -0.2) is 0 Å². The van der Waals surface area contributed by atoms with Crippen LogP contribution in [0.1, 0.15) is 11.6 Å². The lowest BCUT2D eigenvalue weighted by molar-refractivity contribution is -0.118. The van der Waals surface area contributed by atoms with E-state index in [-0.39, 0.29) is 0 Å². The van der Waals surface area contributed by atoms with Crippen LogP contribution in [0.4, 0.5) is 5.69 Å². The molecule has 21 heavy (non-hydrogen) atoms. The fraction of sp³-hybridized carbons (Fsp3) is 0.133. The van der Waals surface area contributed by atoms with Gasteiger partial charge in [-0.05, 0) is 51.8 Å². The van der Waals surface area contributed by atoms with E-state index in [0.717, 1.165) is 15.7 Å². The number of rotatable bonds is 5. The molecule has 0 saturated heterocycles. The van der Waals surface area contributed by atoms with Gasteiger partial charge in [0, 0.05) is 10.2 Å². The Bertz CT molecular complexity index is 664. The van der Waals surface area contributed by atoms with Crippen molar-refractivity contribution in [3.05, 3.63) is 57.5 Å². The maximum absolute atomic E-state index is 11.7. The standard InChI is InChI=1S/C15H14BrClN2O2/c1-21-11-4-2-3-9(7-11)14(15(18)20)19-10-5-6-13(17)12(16)8-10/h2-8,14,19H,1H3,(H2,18,20). The van der Waals surface area contributed by atoms with Gasteiger partial charge in [-0.3, -0.25) is 4.79 Å². The molecule has 110 valence electrons. The maximum Gasteiger partial charge on any atom is 0.244 e. The molecule has 1 atom stereocenters. The summed E-state index contributed by atoms with van der Waals surface area (Å²) >= 11 is 9.30.